The van der Waals surface area contributed by atoms with Crippen LogP contribution in [0.5, 0.6) is 0 Å². The van der Waals surface area contributed by atoms with Crippen LogP contribution < -0.4 is 17.0 Å². The van der Waals surface area contributed by atoms with Gasteiger partial charge in [0.2, 0.25) is 0 Å². The van der Waals surface area contributed by atoms with Gasteiger partial charge in [-0.15, -0.1) is 0 Å². The molecular weight excluding hydrogens is 296 g/mol. The van der Waals surface area contributed by atoms with Crippen LogP contribution in [0.4, 0.5) is 0 Å². The van der Waals surface area contributed by atoms with Gasteiger partial charge in [0.15, 0.2) is 5.78 Å². The third-order valence-electron chi connectivity index (χ3n) is 4.41. The van der Waals surface area contributed by atoms with Crippen molar-refractivity contribution in [3.05, 3.63) is 38.2 Å². The molecule has 122 valence electrons. The van der Waals surface area contributed by atoms with E-state index in [0.717, 1.165) is 4.57 Å². The van der Waals surface area contributed by atoms with Crippen LogP contribution in [0.3, 0.4) is 0 Å². The van der Waals surface area contributed by atoms with Crippen LogP contribution in [0.25, 0.3) is 11.0 Å². The fraction of sp³-hybridized carbons (Fsp3) is 0.500. The van der Waals surface area contributed by atoms with Crippen molar-refractivity contribution < 1.29 is 4.79 Å². The molecule has 2 N–H and O–H groups in total. The number of pyridine rings is 1. The second-order valence-electron chi connectivity index (χ2n) is 6.88. The zero-order chi connectivity index (χ0) is 16.9. The molecule has 0 bridgehead atoms. The molecule has 2 heterocycles. The average Bonchev–Trinajstić information content (AvgIpc) is 2.47. The van der Waals surface area contributed by atoms with Gasteiger partial charge in [0.1, 0.15) is 5.65 Å². The molecule has 23 heavy (non-hydrogen) atoms. The number of fused-ring (bicyclic) bond motifs is 3. The predicted molar refractivity (Wildman–Crippen MR) is 86.7 cm³/mol. The SMILES string of the molecule is Cn1c(=O)n(CCN)c(=O)c2c3c(cnc21)C(=O)CC(C)(C)C3. The Hall–Kier alpha value is -2.28. The quantitative estimate of drug-likeness (QED) is 0.853. The van der Waals surface area contributed by atoms with Crippen molar-refractivity contribution in [2.24, 2.45) is 18.2 Å². The Bertz CT molecular complexity index is 937. The molecule has 0 atom stereocenters. The second-order valence-corrected chi connectivity index (χ2v) is 6.88. The lowest BCUT2D eigenvalue weighted by Crippen LogP contribution is -2.42. The Morgan fingerprint density at radius 2 is 1.96 bits per heavy atom. The number of carbonyl (C=O) groups is 1. The maximum absolute atomic E-state index is 12.8. The van der Waals surface area contributed by atoms with Crippen molar-refractivity contribution in [1.82, 2.24) is 14.1 Å². The van der Waals surface area contributed by atoms with Crippen LogP contribution in [0, 0.1) is 5.41 Å². The van der Waals surface area contributed by atoms with Crippen LogP contribution in [0.2, 0.25) is 0 Å². The van der Waals surface area contributed by atoms with Gasteiger partial charge in [0.25, 0.3) is 5.56 Å². The normalized spacial score (nSPS) is 16.6. The summed E-state index contributed by atoms with van der Waals surface area (Å²) in [4.78, 5) is 41.7. The maximum Gasteiger partial charge on any atom is 0.332 e. The van der Waals surface area contributed by atoms with Gasteiger partial charge in [0, 0.05) is 38.3 Å². The molecule has 0 amide bonds. The van der Waals surface area contributed by atoms with Gasteiger partial charge in [0.05, 0.1) is 5.39 Å². The Balaban J connectivity index is 2.47. The molecule has 3 rings (SSSR count). The number of rotatable bonds is 2. The zero-order valence-corrected chi connectivity index (χ0v) is 13.5. The third-order valence-corrected chi connectivity index (χ3v) is 4.41. The molecule has 2 aromatic rings. The molecule has 0 saturated carbocycles. The Morgan fingerprint density at radius 1 is 1.26 bits per heavy atom. The van der Waals surface area contributed by atoms with Crippen molar-refractivity contribution in [3.63, 3.8) is 0 Å². The van der Waals surface area contributed by atoms with E-state index in [9.17, 15) is 14.4 Å². The monoisotopic (exact) mass is 316 g/mol. The molecular formula is C16H20N4O3. The minimum absolute atomic E-state index is 0.00993. The van der Waals surface area contributed by atoms with Crippen molar-refractivity contribution >= 4 is 16.8 Å². The highest BCUT2D eigenvalue weighted by Crippen LogP contribution is 2.36. The molecule has 1 aliphatic carbocycles. The van der Waals surface area contributed by atoms with E-state index in [-0.39, 0.29) is 24.3 Å². The highest BCUT2D eigenvalue weighted by molar-refractivity contribution is 6.02. The maximum atomic E-state index is 12.8. The van der Waals surface area contributed by atoms with Crippen LogP contribution in [-0.2, 0) is 20.0 Å². The summed E-state index contributed by atoms with van der Waals surface area (Å²) in [6.07, 6.45) is 2.51. The summed E-state index contributed by atoms with van der Waals surface area (Å²) in [5.74, 6) is -0.00993. The van der Waals surface area contributed by atoms with Crippen molar-refractivity contribution in [2.75, 3.05) is 6.54 Å². The van der Waals surface area contributed by atoms with Gasteiger partial charge in [-0.3, -0.25) is 18.7 Å². The molecule has 2 aromatic heterocycles. The lowest BCUT2D eigenvalue weighted by Gasteiger charge is -2.30. The lowest BCUT2D eigenvalue weighted by atomic mass is 9.73. The van der Waals surface area contributed by atoms with Crippen LogP contribution in [0.15, 0.2) is 15.8 Å². The number of hydrogen-bond acceptors (Lipinski definition) is 5. The standard InChI is InChI=1S/C16H20N4O3/c1-16(2)6-9-10(11(21)7-16)8-18-13-12(9)14(22)20(5-4-17)15(23)19(13)3/h8H,4-7,17H2,1-3H3. The van der Waals surface area contributed by atoms with Gasteiger partial charge in [-0.2, -0.15) is 0 Å². The summed E-state index contributed by atoms with van der Waals surface area (Å²) in [5.41, 5.74) is 5.94. The van der Waals surface area contributed by atoms with Crippen LogP contribution in [-0.4, -0.2) is 26.4 Å². The van der Waals surface area contributed by atoms with E-state index in [1.165, 1.54) is 10.8 Å². The molecule has 1 aliphatic rings. The van der Waals surface area contributed by atoms with Crippen LogP contribution in [0.1, 0.15) is 36.2 Å². The zero-order valence-electron chi connectivity index (χ0n) is 13.5. The molecule has 0 radical (unpaired) electrons. The number of hydrogen-bond donors (Lipinski definition) is 1. The van der Waals surface area contributed by atoms with Crippen LogP contribution >= 0.6 is 0 Å². The van der Waals surface area contributed by atoms with E-state index in [2.05, 4.69) is 4.98 Å². The minimum atomic E-state index is -0.443. The summed E-state index contributed by atoms with van der Waals surface area (Å²) in [6, 6.07) is 0. The fourth-order valence-electron chi connectivity index (χ4n) is 3.33. The van der Waals surface area contributed by atoms with Crippen molar-refractivity contribution in [3.8, 4) is 0 Å². The highest BCUT2D eigenvalue weighted by atomic mass is 16.2. The van der Waals surface area contributed by atoms with E-state index in [0.29, 0.717) is 35.0 Å². The molecule has 0 fully saturated rings. The first-order valence-electron chi connectivity index (χ1n) is 7.61. The fourth-order valence-corrected chi connectivity index (χ4v) is 3.33. The summed E-state index contributed by atoms with van der Waals surface area (Å²) in [7, 11) is 1.58. The number of aryl methyl sites for hydroxylation is 1. The number of ketones is 1. The number of nitrogens with two attached hydrogens (primary N) is 1. The van der Waals surface area contributed by atoms with Gasteiger partial charge in [-0.25, -0.2) is 9.78 Å². The predicted octanol–water partition coefficient (Wildman–Crippen LogP) is 0.209. The lowest BCUT2D eigenvalue weighted by molar-refractivity contribution is 0.0912. The highest BCUT2D eigenvalue weighted by Gasteiger charge is 2.33. The molecule has 7 heteroatoms. The number of Topliss-reactive ketones (excluding diaryl/α,β-unsaturated/α-hetero) is 1. The Labute approximate surface area is 132 Å². The van der Waals surface area contributed by atoms with Gasteiger partial charge < -0.3 is 5.73 Å². The first-order valence-corrected chi connectivity index (χ1v) is 7.61. The smallest absolute Gasteiger partial charge is 0.329 e. The van der Waals surface area contributed by atoms with Gasteiger partial charge >= 0.3 is 5.69 Å². The molecule has 0 unspecified atom stereocenters. The van der Waals surface area contributed by atoms with E-state index in [1.54, 1.807) is 7.05 Å². The largest absolute Gasteiger partial charge is 0.332 e. The summed E-state index contributed by atoms with van der Waals surface area (Å²) in [6.45, 7) is 4.33. The first-order chi connectivity index (χ1) is 10.8. The van der Waals surface area contributed by atoms with E-state index < -0.39 is 11.2 Å². The molecule has 7 nitrogen and oxygen atoms in total. The average molecular weight is 316 g/mol. The molecule has 0 aliphatic heterocycles. The number of aromatic nitrogens is 3. The van der Waals surface area contributed by atoms with Gasteiger partial charge in [-0.1, -0.05) is 13.8 Å². The summed E-state index contributed by atoms with van der Waals surface area (Å²) < 4.78 is 2.47. The third kappa shape index (κ3) is 2.31. The van der Waals surface area contributed by atoms with E-state index >= 15 is 0 Å². The van der Waals surface area contributed by atoms with E-state index in [4.69, 9.17) is 5.73 Å². The van der Waals surface area contributed by atoms with Crippen molar-refractivity contribution in [1.29, 1.82) is 0 Å². The summed E-state index contributed by atoms with van der Waals surface area (Å²) in [5, 5.41) is 0.360. The second kappa shape index (κ2) is 5.13. The van der Waals surface area contributed by atoms with E-state index in [1.807, 2.05) is 13.8 Å². The number of carbonyl (C=O) groups excluding carboxylic acids is 1. The molecule has 0 spiro atoms. The van der Waals surface area contributed by atoms with Gasteiger partial charge in [-0.05, 0) is 17.4 Å². The topological polar surface area (TPSA) is 100.0 Å². The minimum Gasteiger partial charge on any atom is -0.329 e. The Morgan fingerprint density at radius 3 is 2.61 bits per heavy atom. The Kier molecular flexibility index (Phi) is 3.48. The number of nitrogens with zero attached hydrogens (tertiary/aromatic N) is 3. The first kappa shape index (κ1) is 15.6. The molecule has 0 saturated heterocycles. The van der Waals surface area contributed by atoms with Crippen molar-refractivity contribution in [2.45, 2.75) is 33.2 Å². The summed E-state index contributed by atoms with van der Waals surface area (Å²) >= 11 is 0. The molecule has 0 aromatic carbocycles.